The topological polar surface area (TPSA) is 83.9 Å². The zero-order valence-electron chi connectivity index (χ0n) is 11.6. The van der Waals surface area contributed by atoms with E-state index in [-0.39, 0.29) is 11.0 Å². The predicted molar refractivity (Wildman–Crippen MR) is 77.3 cm³/mol. The van der Waals surface area contributed by atoms with Gasteiger partial charge in [0.25, 0.3) is 0 Å². The number of carboxylic acid groups (broad SMARTS) is 1. The maximum atomic E-state index is 12.4. The summed E-state index contributed by atoms with van der Waals surface area (Å²) in [6.45, 7) is 0.807. The summed E-state index contributed by atoms with van der Waals surface area (Å²) >= 11 is 0. The third kappa shape index (κ3) is 3.69. The van der Waals surface area contributed by atoms with Crippen molar-refractivity contribution in [1.29, 1.82) is 0 Å². The molecule has 1 saturated heterocycles. The molecule has 7 heteroatoms. The lowest BCUT2D eigenvalue weighted by atomic mass is 10.2. The van der Waals surface area contributed by atoms with Crippen LogP contribution in [-0.2, 0) is 19.6 Å². The zero-order chi connectivity index (χ0) is 15.5. The molecule has 1 N–H and O–H groups in total. The molecule has 0 bridgehead atoms. The summed E-state index contributed by atoms with van der Waals surface area (Å²) in [6, 6.07) is 6.13. The van der Waals surface area contributed by atoms with Crippen molar-refractivity contribution < 1.29 is 23.1 Å². The van der Waals surface area contributed by atoms with Gasteiger partial charge in [-0.2, -0.15) is 4.31 Å². The number of rotatable bonds is 5. The van der Waals surface area contributed by atoms with Gasteiger partial charge in [-0.15, -0.1) is 0 Å². The molecule has 0 amide bonds. The van der Waals surface area contributed by atoms with Crippen LogP contribution >= 0.6 is 0 Å². The standard InChI is InChI=1S/C14H17NO5S/c1-20-12-8-9-15(10-12)21(18,19)13-5-2-11(3-6-13)4-7-14(16)17/h2-7,12H,8-10H2,1H3,(H,16,17)/b7-4+. The van der Waals surface area contributed by atoms with Gasteiger partial charge in [0.1, 0.15) is 0 Å². The molecule has 1 aromatic rings. The second-order valence-corrected chi connectivity index (χ2v) is 6.69. The number of hydrogen-bond donors (Lipinski definition) is 1. The monoisotopic (exact) mass is 311 g/mol. The van der Waals surface area contributed by atoms with Crippen molar-refractivity contribution >= 4 is 22.1 Å². The quantitative estimate of drug-likeness (QED) is 0.826. The summed E-state index contributed by atoms with van der Waals surface area (Å²) in [5.41, 5.74) is 0.632. The van der Waals surface area contributed by atoms with Gasteiger partial charge in [-0.3, -0.25) is 0 Å². The van der Waals surface area contributed by atoms with E-state index in [9.17, 15) is 13.2 Å². The lowest BCUT2D eigenvalue weighted by molar-refractivity contribution is -0.131. The predicted octanol–water partition coefficient (Wildman–Crippen LogP) is 1.19. The minimum atomic E-state index is -3.52. The van der Waals surface area contributed by atoms with E-state index in [1.807, 2.05) is 0 Å². The Kier molecular flexibility index (Phi) is 4.76. The summed E-state index contributed by atoms with van der Waals surface area (Å²) in [6.07, 6.45) is 3.05. The lowest BCUT2D eigenvalue weighted by Crippen LogP contribution is -2.30. The molecule has 1 aromatic carbocycles. The lowest BCUT2D eigenvalue weighted by Gasteiger charge is -2.16. The molecule has 1 unspecified atom stereocenters. The molecule has 1 atom stereocenters. The Morgan fingerprint density at radius 1 is 1.38 bits per heavy atom. The highest BCUT2D eigenvalue weighted by Gasteiger charge is 2.32. The largest absolute Gasteiger partial charge is 0.478 e. The van der Waals surface area contributed by atoms with Crippen molar-refractivity contribution in [2.75, 3.05) is 20.2 Å². The Labute approximate surface area is 123 Å². The van der Waals surface area contributed by atoms with Gasteiger partial charge < -0.3 is 9.84 Å². The van der Waals surface area contributed by atoms with Gasteiger partial charge in [-0.25, -0.2) is 13.2 Å². The molecule has 0 radical (unpaired) electrons. The molecule has 0 saturated carbocycles. The van der Waals surface area contributed by atoms with E-state index in [4.69, 9.17) is 9.84 Å². The van der Waals surface area contributed by atoms with E-state index < -0.39 is 16.0 Å². The molecule has 114 valence electrons. The number of carboxylic acids is 1. The number of sulfonamides is 1. The van der Waals surface area contributed by atoms with Gasteiger partial charge in [0.15, 0.2) is 0 Å². The molecule has 21 heavy (non-hydrogen) atoms. The van der Waals surface area contributed by atoms with Crippen LogP contribution in [0.3, 0.4) is 0 Å². The van der Waals surface area contributed by atoms with E-state index in [1.165, 1.54) is 22.5 Å². The Bertz CT molecular complexity index is 636. The molecule has 1 aliphatic heterocycles. The fourth-order valence-electron chi connectivity index (χ4n) is 2.18. The Morgan fingerprint density at radius 3 is 2.57 bits per heavy atom. The molecule has 1 heterocycles. The minimum Gasteiger partial charge on any atom is -0.478 e. The fourth-order valence-corrected chi connectivity index (χ4v) is 3.66. The van der Waals surface area contributed by atoms with Crippen molar-refractivity contribution in [3.8, 4) is 0 Å². The Morgan fingerprint density at radius 2 is 2.05 bits per heavy atom. The van der Waals surface area contributed by atoms with E-state index in [2.05, 4.69) is 0 Å². The van der Waals surface area contributed by atoms with E-state index >= 15 is 0 Å². The number of ether oxygens (including phenoxy) is 1. The van der Waals surface area contributed by atoms with Crippen molar-refractivity contribution in [3.05, 3.63) is 35.9 Å². The minimum absolute atomic E-state index is 0.0578. The maximum absolute atomic E-state index is 12.4. The molecular weight excluding hydrogens is 294 g/mol. The summed E-state index contributed by atoms with van der Waals surface area (Å²) < 4.78 is 31.4. The molecular formula is C14H17NO5S. The first-order chi connectivity index (χ1) is 9.93. The van der Waals surface area contributed by atoms with Crippen LogP contribution < -0.4 is 0 Å². The average Bonchev–Trinajstić information content (AvgIpc) is 2.95. The number of aliphatic carboxylic acids is 1. The first-order valence-corrected chi connectivity index (χ1v) is 7.91. The third-order valence-corrected chi connectivity index (χ3v) is 5.26. The highest BCUT2D eigenvalue weighted by Crippen LogP contribution is 2.22. The number of hydrogen-bond acceptors (Lipinski definition) is 4. The Balaban J connectivity index is 2.16. The SMILES string of the molecule is COC1CCN(S(=O)(=O)c2ccc(/C=C/C(=O)O)cc2)C1. The van der Waals surface area contributed by atoms with Gasteiger partial charge in [-0.05, 0) is 30.2 Å². The highest BCUT2D eigenvalue weighted by molar-refractivity contribution is 7.89. The molecule has 1 aliphatic rings. The van der Waals surface area contributed by atoms with Gasteiger partial charge in [-0.1, -0.05) is 12.1 Å². The van der Waals surface area contributed by atoms with Crippen LogP contribution in [0.5, 0.6) is 0 Å². The summed E-state index contributed by atoms with van der Waals surface area (Å²) in [5, 5.41) is 8.55. The van der Waals surface area contributed by atoms with Crippen LogP contribution in [0.1, 0.15) is 12.0 Å². The van der Waals surface area contributed by atoms with Crippen molar-refractivity contribution in [3.63, 3.8) is 0 Å². The maximum Gasteiger partial charge on any atom is 0.328 e. The number of methoxy groups -OCH3 is 1. The van der Waals surface area contributed by atoms with Gasteiger partial charge in [0, 0.05) is 26.3 Å². The second kappa shape index (κ2) is 6.38. The summed E-state index contributed by atoms with van der Waals surface area (Å²) in [5.74, 6) is -1.05. The molecule has 1 fully saturated rings. The third-order valence-electron chi connectivity index (χ3n) is 3.38. The van der Waals surface area contributed by atoms with Gasteiger partial charge in [0.05, 0.1) is 11.0 Å². The van der Waals surface area contributed by atoms with Crippen LogP contribution in [0, 0.1) is 0 Å². The molecule has 6 nitrogen and oxygen atoms in total. The zero-order valence-corrected chi connectivity index (χ0v) is 12.4. The van der Waals surface area contributed by atoms with Crippen molar-refractivity contribution in [2.24, 2.45) is 0 Å². The normalized spacial score (nSPS) is 20.1. The van der Waals surface area contributed by atoms with E-state index in [1.54, 1.807) is 19.2 Å². The first-order valence-electron chi connectivity index (χ1n) is 6.47. The second-order valence-electron chi connectivity index (χ2n) is 4.75. The van der Waals surface area contributed by atoms with Crippen molar-refractivity contribution in [1.82, 2.24) is 4.31 Å². The van der Waals surface area contributed by atoms with Crippen molar-refractivity contribution in [2.45, 2.75) is 17.4 Å². The number of nitrogens with zero attached hydrogens (tertiary/aromatic N) is 1. The Hall–Kier alpha value is -1.70. The molecule has 0 aromatic heterocycles. The number of carbonyl (C=O) groups is 1. The van der Waals surface area contributed by atoms with Crippen LogP contribution in [0.15, 0.2) is 35.2 Å². The molecule has 0 aliphatic carbocycles. The highest BCUT2D eigenvalue weighted by atomic mass is 32.2. The van der Waals surface area contributed by atoms with Crippen LogP contribution in [0.25, 0.3) is 6.08 Å². The molecule has 0 spiro atoms. The number of benzene rings is 1. The van der Waals surface area contributed by atoms with Crippen LogP contribution in [0.2, 0.25) is 0 Å². The van der Waals surface area contributed by atoms with E-state index in [0.717, 1.165) is 6.08 Å². The van der Waals surface area contributed by atoms with Crippen LogP contribution in [0.4, 0.5) is 0 Å². The first kappa shape index (κ1) is 15.7. The smallest absolute Gasteiger partial charge is 0.328 e. The van der Waals surface area contributed by atoms with Crippen LogP contribution in [-0.4, -0.2) is 50.1 Å². The fraction of sp³-hybridized carbons (Fsp3) is 0.357. The average molecular weight is 311 g/mol. The van der Waals surface area contributed by atoms with Gasteiger partial charge in [0.2, 0.25) is 10.0 Å². The van der Waals surface area contributed by atoms with E-state index in [0.29, 0.717) is 25.1 Å². The molecule has 2 rings (SSSR count). The summed E-state index contributed by atoms with van der Waals surface area (Å²) in [7, 11) is -1.94. The van der Waals surface area contributed by atoms with Gasteiger partial charge >= 0.3 is 5.97 Å². The summed E-state index contributed by atoms with van der Waals surface area (Å²) in [4.78, 5) is 10.6.